The van der Waals surface area contributed by atoms with Crippen molar-refractivity contribution in [3.8, 4) is 0 Å². The fourth-order valence-corrected chi connectivity index (χ4v) is 7.96. The second kappa shape index (κ2) is 24.5. The Morgan fingerprint density at radius 2 is 0.815 bits per heavy atom. The fraction of sp³-hybridized carbons (Fsp3) is 0.286. The molecule has 0 aromatic heterocycles. The van der Waals surface area contributed by atoms with Crippen LogP contribution in [0.5, 0.6) is 0 Å². The van der Waals surface area contributed by atoms with Crippen LogP contribution in [0.15, 0.2) is 205 Å². The maximum Gasteiger partial charge on any atom is 0.183 e. The first-order chi connectivity index (χ1) is 32.2. The molecule has 0 amide bonds. The van der Waals surface area contributed by atoms with Crippen LogP contribution < -0.4 is 0 Å². The monoisotopic (exact) mass is 874 g/mol. The molecule has 0 spiro atoms. The number of allylic oxidation sites excluding steroid dienone is 1. The largest absolute Gasteiger partial charge is 0.485 e. The van der Waals surface area contributed by atoms with E-state index in [-0.39, 0.29) is 13.2 Å². The van der Waals surface area contributed by atoms with E-state index in [9.17, 15) is 0 Å². The van der Waals surface area contributed by atoms with Gasteiger partial charge in [-0.05, 0) is 45.5 Å². The van der Waals surface area contributed by atoms with Crippen molar-refractivity contribution in [3.05, 3.63) is 239 Å². The van der Waals surface area contributed by atoms with Gasteiger partial charge in [0.15, 0.2) is 12.4 Å². The Morgan fingerprint density at radius 3 is 1.26 bits per heavy atom. The molecule has 1 fully saturated rings. The van der Waals surface area contributed by atoms with Crippen molar-refractivity contribution in [1.82, 2.24) is 0 Å². The van der Waals surface area contributed by atoms with Gasteiger partial charge in [-0.25, -0.2) is 0 Å². The molecule has 1 saturated heterocycles. The average molecular weight is 875 g/mol. The Balaban J connectivity index is 1.14. The Hall–Kier alpha value is -5.72. The van der Waals surface area contributed by atoms with Crippen molar-refractivity contribution < 1.29 is 42.6 Å². The van der Waals surface area contributed by atoms with E-state index in [2.05, 4.69) is 24.3 Å². The zero-order valence-electron chi connectivity index (χ0n) is 36.8. The Kier molecular flexibility index (Phi) is 17.3. The summed E-state index contributed by atoms with van der Waals surface area (Å²) in [6.07, 6.45) is -0.286. The van der Waals surface area contributed by atoms with Gasteiger partial charge in [0.2, 0.25) is 0 Å². The van der Waals surface area contributed by atoms with E-state index in [4.69, 9.17) is 42.6 Å². The Bertz CT molecular complexity index is 2310. The van der Waals surface area contributed by atoms with Crippen molar-refractivity contribution in [2.45, 2.75) is 82.6 Å². The minimum absolute atomic E-state index is 0.238. The quantitative estimate of drug-likeness (QED) is 0.0662. The maximum absolute atomic E-state index is 6.96. The van der Waals surface area contributed by atoms with Gasteiger partial charge >= 0.3 is 0 Å². The topological polar surface area (TPSA) is 83.1 Å². The van der Waals surface area contributed by atoms with Gasteiger partial charge in [-0.3, -0.25) is 0 Å². The van der Waals surface area contributed by atoms with Gasteiger partial charge in [0, 0.05) is 12.7 Å². The van der Waals surface area contributed by atoms with E-state index >= 15 is 0 Å². The first-order valence-electron chi connectivity index (χ1n) is 22.3. The van der Waals surface area contributed by atoms with Crippen LogP contribution in [0.4, 0.5) is 0 Å². The molecular formula is C56H58O9. The highest BCUT2D eigenvalue weighted by Crippen LogP contribution is 2.35. The highest BCUT2D eigenvalue weighted by molar-refractivity contribution is 5.30. The molecule has 65 heavy (non-hydrogen) atoms. The molecule has 2 heterocycles. The Morgan fingerprint density at radius 1 is 0.431 bits per heavy atom. The standard InChI is InChI=1S/C56H58O9/c1-57-56-49(53(61-37-45-26-14-5-15-27-45)55(63-39-47-30-18-7-19-31-47)52(65-56)41-59-35-43-22-10-3-11-23-43)32-48-33-50(60-36-44-24-12-4-13-25-44)54(62-38-46-28-16-6-17-29-46)51(64-48)40-58-34-42-20-8-2-9-21-42/h2-33,50-56H,34-41H2,1H3/b49-32-/t50-,51-,52-,53-,54+,55-,56+/m1/s1. The highest BCUT2D eigenvalue weighted by Gasteiger charge is 2.45. The molecule has 0 aliphatic carbocycles. The summed E-state index contributed by atoms with van der Waals surface area (Å²) in [4.78, 5) is 0. The molecule has 7 atom stereocenters. The lowest BCUT2D eigenvalue weighted by molar-refractivity contribution is -0.243. The van der Waals surface area contributed by atoms with Crippen LogP contribution in [-0.2, 0) is 82.3 Å². The van der Waals surface area contributed by atoms with Gasteiger partial charge in [-0.15, -0.1) is 0 Å². The van der Waals surface area contributed by atoms with E-state index in [1.54, 1.807) is 7.11 Å². The SMILES string of the molecule is CO[C@H]1O[C@H](COCc2ccccc2)[C@@H](OCc2ccccc2)[C@H](OCc2ccccc2)/C1=C/C1=C[C@@H](OCc2ccccc2)[C@H](OCc2ccccc2)[C@@H](COCc2ccccc2)O1. The third-order valence-corrected chi connectivity index (χ3v) is 11.3. The minimum atomic E-state index is -0.828. The smallest absolute Gasteiger partial charge is 0.183 e. The van der Waals surface area contributed by atoms with Gasteiger partial charge < -0.3 is 42.6 Å². The predicted molar refractivity (Wildman–Crippen MR) is 249 cm³/mol. The fourth-order valence-electron chi connectivity index (χ4n) is 7.96. The lowest BCUT2D eigenvalue weighted by Gasteiger charge is -2.43. The van der Waals surface area contributed by atoms with Crippen LogP contribution in [0.2, 0.25) is 0 Å². The molecule has 2 aliphatic heterocycles. The molecule has 336 valence electrons. The summed E-state index contributed by atoms with van der Waals surface area (Å²) in [6.45, 7) is 2.67. The van der Waals surface area contributed by atoms with E-state index in [0.717, 1.165) is 33.4 Å². The average Bonchev–Trinajstić information content (AvgIpc) is 3.36. The van der Waals surface area contributed by atoms with Crippen LogP contribution >= 0.6 is 0 Å². The molecule has 6 aromatic rings. The van der Waals surface area contributed by atoms with E-state index in [1.165, 1.54) is 0 Å². The summed E-state index contributed by atoms with van der Waals surface area (Å²) in [6, 6.07) is 60.7. The van der Waals surface area contributed by atoms with Gasteiger partial charge in [0.05, 0.1) is 52.9 Å². The number of hydrogen-bond donors (Lipinski definition) is 0. The first kappa shape index (κ1) is 45.8. The third-order valence-electron chi connectivity index (χ3n) is 11.3. The van der Waals surface area contributed by atoms with Crippen LogP contribution in [0.3, 0.4) is 0 Å². The lowest BCUT2D eigenvalue weighted by atomic mass is 9.94. The summed E-state index contributed by atoms with van der Waals surface area (Å²) >= 11 is 0. The normalized spacial score (nSPS) is 22.6. The van der Waals surface area contributed by atoms with Crippen molar-refractivity contribution >= 4 is 0 Å². The molecule has 0 N–H and O–H groups in total. The summed E-state index contributed by atoms with van der Waals surface area (Å²) in [5, 5.41) is 0. The van der Waals surface area contributed by atoms with Gasteiger partial charge in [0.1, 0.15) is 36.3 Å². The molecule has 8 rings (SSSR count). The zero-order valence-corrected chi connectivity index (χ0v) is 36.8. The zero-order chi connectivity index (χ0) is 44.3. The van der Waals surface area contributed by atoms with Crippen LogP contribution in [0.25, 0.3) is 0 Å². The van der Waals surface area contributed by atoms with Crippen molar-refractivity contribution in [2.24, 2.45) is 0 Å². The predicted octanol–water partition coefficient (Wildman–Crippen LogP) is 10.3. The summed E-state index contributed by atoms with van der Waals surface area (Å²) in [5.74, 6) is 0.547. The van der Waals surface area contributed by atoms with Gasteiger partial charge in [-0.2, -0.15) is 0 Å². The molecule has 9 heteroatoms. The molecular weight excluding hydrogens is 817 g/mol. The molecule has 0 saturated carbocycles. The number of methoxy groups -OCH3 is 1. The number of hydrogen-bond acceptors (Lipinski definition) is 9. The summed E-state index contributed by atoms with van der Waals surface area (Å²) in [7, 11) is 1.63. The maximum atomic E-state index is 6.96. The molecule has 9 nitrogen and oxygen atoms in total. The van der Waals surface area contributed by atoms with Crippen molar-refractivity contribution in [2.75, 3.05) is 20.3 Å². The third kappa shape index (κ3) is 13.7. The second-order valence-electron chi connectivity index (χ2n) is 16.1. The number of ether oxygens (including phenoxy) is 9. The van der Waals surface area contributed by atoms with E-state index < -0.39 is 42.9 Å². The van der Waals surface area contributed by atoms with Gasteiger partial charge in [-0.1, -0.05) is 182 Å². The summed E-state index contributed by atoms with van der Waals surface area (Å²) in [5.41, 5.74) is 6.94. The van der Waals surface area contributed by atoms with Crippen molar-refractivity contribution in [1.29, 1.82) is 0 Å². The molecule has 2 aliphatic rings. The van der Waals surface area contributed by atoms with Crippen LogP contribution in [-0.4, -0.2) is 63.2 Å². The van der Waals surface area contributed by atoms with Crippen LogP contribution in [0.1, 0.15) is 33.4 Å². The number of benzene rings is 6. The molecule has 0 unspecified atom stereocenters. The van der Waals surface area contributed by atoms with E-state index in [1.807, 2.05) is 170 Å². The molecule has 6 aromatic carbocycles. The molecule has 0 bridgehead atoms. The van der Waals surface area contributed by atoms with Gasteiger partial charge in [0.25, 0.3) is 0 Å². The molecule has 0 radical (unpaired) electrons. The van der Waals surface area contributed by atoms with Crippen LogP contribution in [0, 0.1) is 0 Å². The Labute approximate surface area is 383 Å². The highest BCUT2D eigenvalue weighted by atomic mass is 16.7. The van der Waals surface area contributed by atoms with Crippen molar-refractivity contribution in [3.63, 3.8) is 0 Å². The minimum Gasteiger partial charge on any atom is -0.485 e. The lowest BCUT2D eigenvalue weighted by Crippen LogP contribution is -2.54. The first-order valence-corrected chi connectivity index (χ1v) is 22.3. The summed E-state index contributed by atoms with van der Waals surface area (Å²) < 4.78 is 60.0. The second-order valence-corrected chi connectivity index (χ2v) is 16.1. The van der Waals surface area contributed by atoms with E-state index in [0.29, 0.717) is 51.0 Å². The number of rotatable bonds is 22.